The van der Waals surface area contributed by atoms with Gasteiger partial charge in [0.2, 0.25) is 0 Å². The molecule has 4 aliphatic rings. The van der Waals surface area contributed by atoms with Gasteiger partial charge in [0, 0.05) is 38.0 Å². The standard InChI is InChI=1S/C45H54FNO14/c1-23-28(58-39(53)33(50)32(26-16-12-10-13-17-26)47-40(54)61-41(4,5)6)21-45(55)37(59-38(52)27-18-14-11-15-19-27)35-43(9,29(46)20-30-44(35,22-56-30)60-25(3)49)36(51)34(57-24(2)48)31(23)42(45,7)8/h10-19,29-35,37,50,55H,20-22H2,1-9H3,(H,47,54)/t29-,30-,31?,32+,33-,34-,35+,37+,43-,44+,45-/m1/s1. The van der Waals surface area contributed by atoms with E-state index in [1.54, 1.807) is 83.1 Å². The number of ether oxygens (including phenoxy) is 6. The summed E-state index contributed by atoms with van der Waals surface area (Å²) in [6.07, 6.45) is -11.1. The molecule has 0 aromatic heterocycles. The van der Waals surface area contributed by atoms with Crippen molar-refractivity contribution in [3.8, 4) is 0 Å². The SMILES string of the molecule is CC(=O)O[C@H]1C(=O)[C@]2(C)[C@H](F)C[C@H]3OC[C@@]3(OC(C)=O)[C@H]2[C@H](OC(=O)c2ccccc2)[C@]2(O)CC(OC(=O)[C@H](O)[C@@H](NC(=O)OC(C)(C)C)c3ccccc3)=C(C)C1C2(C)C. The number of Topliss-reactive ketones (excluding diaryl/α,β-unsaturated/α-hetero) is 1. The fraction of sp³-hybridized carbons (Fsp3) is 0.556. The van der Waals surface area contributed by atoms with Gasteiger partial charge in [-0.3, -0.25) is 14.4 Å². The molecule has 2 saturated carbocycles. The van der Waals surface area contributed by atoms with E-state index in [9.17, 15) is 34.2 Å². The van der Waals surface area contributed by atoms with E-state index in [1.807, 2.05) is 0 Å². The van der Waals surface area contributed by atoms with Gasteiger partial charge in [-0.05, 0) is 57.9 Å². The lowest BCUT2D eigenvalue weighted by Crippen LogP contribution is -2.82. The van der Waals surface area contributed by atoms with Crippen LogP contribution < -0.4 is 5.32 Å². The first-order valence-electron chi connectivity index (χ1n) is 20.2. The number of ketones is 1. The molecule has 1 heterocycles. The van der Waals surface area contributed by atoms with E-state index >= 15 is 9.18 Å². The van der Waals surface area contributed by atoms with Crippen molar-refractivity contribution in [3.63, 3.8) is 0 Å². The molecule has 0 radical (unpaired) electrons. The number of aliphatic hydroxyl groups is 2. The zero-order valence-electron chi connectivity index (χ0n) is 35.7. The molecule has 11 atom stereocenters. The van der Waals surface area contributed by atoms with Crippen LogP contribution in [0, 0.1) is 22.7 Å². The van der Waals surface area contributed by atoms with Gasteiger partial charge >= 0.3 is 30.0 Å². The van der Waals surface area contributed by atoms with E-state index in [4.69, 9.17) is 28.4 Å². The molecule has 1 saturated heterocycles. The van der Waals surface area contributed by atoms with Crippen molar-refractivity contribution in [2.24, 2.45) is 22.7 Å². The van der Waals surface area contributed by atoms with Crippen LogP contribution in [0.25, 0.3) is 0 Å². The van der Waals surface area contributed by atoms with E-state index in [0.717, 1.165) is 13.8 Å². The van der Waals surface area contributed by atoms with Crippen LogP contribution in [0.4, 0.5) is 9.18 Å². The Hall–Kier alpha value is -5.19. The molecular weight excluding hydrogens is 797 g/mol. The molecule has 2 bridgehead atoms. The summed E-state index contributed by atoms with van der Waals surface area (Å²) < 4.78 is 52.4. The Morgan fingerprint density at radius 1 is 0.934 bits per heavy atom. The molecule has 2 aromatic carbocycles. The van der Waals surface area contributed by atoms with Crippen molar-refractivity contribution in [1.82, 2.24) is 5.32 Å². The number of amides is 1. The van der Waals surface area contributed by atoms with Crippen molar-refractivity contribution in [2.45, 2.75) is 129 Å². The van der Waals surface area contributed by atoms with E-state index in [-0.39, 0.29) is 23.5 Å². The lowest BCUT2D eigenvalue weighted by molar-refractivity contribution is -0.344. The van der Waals surface area contributed by atoms with Gasteiger partial charge in [0.1, 0.15) is 35.3 Å². The predicted molar refractivity (Wildman–Crippen MR) is 212 cm³/mol. The number of hydrogen-bond acceptors (Lipinski definition) is 14. The fourth-order valence-electron chi connectivity index (χ4n) is 9.86. The number of rotatable bonds is 9. The molecule has 0 spiro atoms. The van der Waals surface area contributed by atoms with E-state index < -0.39 is 125 Å². The molecule has 3 fully saturated rings. The second-order valence-electron chi connectivity index (χ2n) is 18.2. The highest BCUT2D eigenvalue weighted by molar-refractivity contribution is 5.93. The topological polar surface area (TPSA) is 210 Å². The number of nitrogens with one attached hydrogen (secondary N) is 1. The molecule has 6 rings (SSSR count). The molecule has 61 heavy (non-hydrogen) atoms. The molecule has 1 aliphatic heterocycles. The lowest BCUT2D eigenvalue weighted by atomic mass is 9.44. The monoisotopic (exact) mass is 851 g/mol. The summed E-state index contributed by atoms with van der Waals surface area (Å²) in [4.78, 5) is 82.7. The number of aliphatic hydroxyl groups excluding tert-OH is 1. The molecular formula is C45H54FNO14. The maximum absolute atomic E-state index is 17.1. The van der Waals surface area contributed by atoms with Crippen LogP contribution in [0.15, 0.2) is 72.0 Å². The Labute approximate surface area is 353 Å². The summed E-state index contributed by atoms with van der Waals surface area (Å²) in [6, 6.07) is 14.4. The Morgan fingerprint density at radius 2 is 1.54 bits per heavy atom. The number of hydrogen-bond donors (Lipinski definition) is 3. The minimum absolute atomic E-state index is 0.0330. The van der Waals surface area contributed by atoms with Crippen LogP contribution in [0.2, 0.25) is 0 Å². The zero-order chi connectivity index (χ0) is 45.0. The molecule has 16 heteroatoms. The molecule has 15 nitrogen and oxygen atoms in total. The van der Waals surface area contributed by atoms with Crippen LogP contribution in [0.1, 0.15) is 97.1 Å². The maximum atomic E-state index is 17.1. The van der Waals surface area contributed by atoms with Gasteiger partial charge in [-0.25, -0.2) is 18.8 Å². The second kappa shape index (κ2) is 16.3. The normalized spacial score (nSPS) is 32.5. The van der Waals surface area contributed by atoms with Crippen LogP contribution in [-0.4, -0.2) is 100.0 Å². The average Bonchev–Trinajstić information content (AvgIpc) is 3.17. The molecule has 2 aromatic rings. The third-order valence-electron chi connectivity index (χ3n) is 12.9. The number of esters is 4. The van der Waals surface area contributed by atoms with Gasteiger partial charge in [-0.2, -0.15) is 0 Å². The zero-order valence-corrected chi connectivity index (χ0v) is 35.7. The largest absolute Gasteiger partial charge is 0.455 e. The van der Waals surface area contributed by atoms with Gasteiger partial charge in [0.05, 0.1) is 29.5 Å². The maximum Gasteiger partial charge on any atom is 0.408 e. The van der Waals surface area contributed by atoms with Gasteiger partial charge < -0.3 is 44.0 Å². The van der Waals surface area contributed by atoms with Crippen LogP contribution >= 0.6 is 0 Å². The van der Waals surface area contributed by atoms with Crippen LogP contribution in [-0.2, 0) is 47.6 Å². The number of fused-ring (bicyclic) bond motifs is 5. The van der Waals surface area contributed by atoms with Crippen molar-refractivity contribution in [1.29, 1.82) is 0 Å². The van der Waals surface area contributed by atoms with Crippen LogP contribution in [0.5, 0.6) is 0 Å². The molecule has 3 N–H and O–H groups in total. The Bertz CT molecular complexity index is 2100. The summed E-state index contributed by atoms with van der Waals surface area (Å²) in [5.74, 6) is -8.37. The predicted octanol–water partition coefficient (Wildman–Crippen LogP) is 5.01. The first kappa shape index (κ1) is 45.3. The average molecular weight is 852 g/mol. The molecule has 3 aliphatic carbocycles. The molecule has 1 amide bonds. The Balaban J connectivity index is 1.54. The van der Waals surface area contributed by atoms with E-state index in [1.165, 1.54) is 26.0 Å². The second-order valence-corrected chi connectivity index (χ2v) is 18.2. The smallest absolute Gasteiger partial charge is 0.408 e. The Morgan fingerprint density at radius 3 is 2.08 bits per heavy atom. The molecule has 330 valence electrons. The van der Waals surface area contributed by atoms with E-state index in [2.05, 4.69) is 5.32 Å². The summed E-state index contributed by atoms with van der Waals surface area (Å²) >= 11 is 0. The third-order valence-corrected chi connectivity index (χ3v) is 12.9. The lowest BCUT2D eigenvalue weighted by Gasteiger charge is -2.67. The minimum Gasteiger partial charge on any atom is -0.455 e. The Kier molecular flexibility index (Phi) is 12.1. The number of halogens is 1. The first-order chi connectivity index (χ1) is 28.4. The highest BCUT2D eigenvalue weighted by atomic mass is 19.1. The minimum atomic E-state index is -2.45. The summed E-state index contributed by atoms with van der Waals surface area (Å²) in [5.41, 5.74) is -8.71. The number of carbonyl (C=O) groups excluding carboxylic acids is 6. The summed E-state index contributed by atoms with van der Waals surface area (Å²) in [5, 5.41) is 27.8. The van der Waals surface area contributed by atoms with Crippen molar-refractivity contribution in [3.05, 3.63) is 83.1 Å². The number of alkyl carbamates (subject to hydrolysis) is 1. The van der Waals surface area contributed by atoms with Crippen molar-refractivity contribution < 1.29 is 71.8 Å². The summed E-state index contributed by atoms with van der Waals surface area (Å²) in [7, 11) is 0. The number of alkyl halides is 1. The van der Waals surface area contributed by atoms with Gasteiger partial charge in [0.25, 0.3) is 0 Å². The van der Waals surface area contributed by atoms with Gasteiger partial charge in [0.15, 0.2) is 23.6 Å². The number of carbonyl (C=O) groups is 6. The van der Waals surface area contributed by atoms with Gasteiger partial charge in [-0.1, -0.05) is 62.4 Å². The summed E-state index contributed by atoms with van der Waals surface area (Å²) in [6.45, 7) is 12.6. The van der Waals surface area contributed by atoms with Gasteiger partial charge in [-0.15, -0.1) is 0 Å². The highest BCUT2D eigenvalue weighted by Crippen LogP contribution is 2.65. The molecule has 1 unspecified atom stereocenters. The van der Waals surface area contributed by atoms with Crippen LogP contribution in [0.3, 0.4) is 0 Å². The first-order valence-corrected chi connectivity index (χ1v) is 20.2. The van der Waals surface area contributed by atoms with E-state index in [0.29, 0.717) is 5.56 Å². The fourth-order valence-corrected chi connectivity index (χ4v) is 9.86. The quantitative estimate of drug-likeness (QED) is 0.224. The number of benzene rings is 2. The highest BCUT2D eigenvalue weighted by Gasteiger charge is 2.79. The third kappa shape index (κ3) is 7.93. The van der Waals surface area contributed by atoms with Crippen molar-refractivity contribution >= 4 is 35.8 Å². The van der Waals surface area contributed by atoms with Crippen molar-refractivity contribution in [2.75, 3.05) is 6.61 Å².